The number of amides is 1. The SMILES string of the molecule is CC(C)CC(=O)C1=C(O)C(=O)N(c2nc3c(F)cc(F)cc3s2)C1c1cccs1. The molecule has 1 aliphatic rings. The van der Waals surface area contributed by atoms with Gasteiger partial charge in [-0.05, 0) is 23.4 Å². The molecular formula is C20H16F2N2O3S2. The normalized spacial score (nSPS) is 17.2. The Morgan fingerprint density at radius 3 is 2.76 bits per heavy atom. The number of ketones is 1. The largest absolute Gasteiger partial charge is 0.503 e. The summed E-state index contributed by atoms with van der Waals surface area (Å²) in [4.78, 5) is 31.8. The van der Waals surface area contributed by atoms with Gasteiger partial charge in [0.1, 0.15) is 17.4 Å². The highest BCUT2D eigenvalue weighted by Gasteiger charge is 2.46. The van der Waals surface area contributed by atoms with Crippen molar-refractivity contribution in [1.82, 2.24) is 4.98 Å². The van der Waals surface area contributed by atoms with E-state index in [1.54, 1.807) is 17.5 Å². The van der Waals surface area contributed by atoms with Crippen molar-refractivity contribution in [2.45, 2.75) is 26.3 Å². The van der Waals surface area contributed by atoms with Crippen molar-refractivity contribution in [1.29, 1.82) is 0 Å². The van der Waals surface area contributed by atoms with Gasteiger partial charge in [0.25, 0.3) is 5.91 Å². The lowest BCUT2D eigenvalue weighted by atomic mass is 9.96. The van der Waals surface area contributed by atoms with Gasteiger partial charge >= 0.3 is 0 Å². The second-order valence-corrected chi connectivity index (χ2v) is 9.10. The molecule has 1 N–H and O–H groups in total. The average Bonchev–Trinajstić information content (AvgIpc) is 3.33. The van der Waals surface area contributed by atoms with E-state index in [9.17, 15) is 23.5 Å². The zero-order valence-electron chi connectivity index (χ0n) is 15.5. The number of nitrogens with zero attached hydrogens (tertiary/aromatic N) is 2. The van der Waals surface area contributed by atoms with E-state index < -0.39 is 29.3 Å². The topological polar surface area (TPSA) is 70.5 Å². The molecule has 1 atom stereocenters. The number of fused-ring (bicyclic) bond motifs is 1. The molecule has 0 spiro atoms. The molecule has 3 heterocycles. The lowest BCUT2D eigenvalue weighted by Gasteiger charge is -2.23. The maximum absolute atomic E-state index is 14.1. The summed E-state index contributed by atoms with van der Waals surface area (Å²) in [6.45, 7) is 3.74. The molecule has 0 radical (unpaired) electrons. The van der Waals surface area contributed by atoms with Crippen molar-refractivity contribution in [2.75, 3.05) is 4.90 Å². The fraction of sp³-hybridized carbons (Fsp3) is 0.250. The molecular weight excluding hydrogens is 418 g/mol. The number of anilines is 1. The Morgan fingerprint density at radius 1 is 1.34 bits per heavy atom. The molecule has 4 rings (SSSR count). The van der Waals surface area contributed by atoms with Crippen LogP contribution in [0, 0.1) is 17.6 Å². The van der Waals surface area contributed by atoms with Gasteiger partial charge in [-0.2, -0.15) is 0 Å². The summed E-state index contributed by atoms with van der Waals surface area (Å²) in [6, 6.07) is 4.53. The van der Waals surface area contributed by atoms with Gasteiger partial charge in [0.2, 0.25) is 0 Å². The van der Waals surface area contributed by atoms with E-state index in [1.807, 2.05) is 13.8 Å². The maximum atomic E-state index is 14.1. The Labute approximate surface area is 172 Å². The predicted molar refractivity (Wildman–Crippen MR) is 108 cm³/mol. The molecule has 1 unspecified atom stereocenters. The third-order valence-corrected chi connectivity index (χ3v) is 6.45. The summed E-state index contributed by atoms with van der Waals surface area (Å²) in [5.74, 6) is -3.28. The van der Waals surface area contributed by atoms with Crippen LogP contribution in [0.1, 0.15) is 31.2 Å². The quantitative estimate of drug-likeness (QED) is 0.603. The van der Waals surface area contributed by atoms with Gasteiger partial charge in [0.05, 0.1) is 10.3 Å². The van der Waals surface area contributed by atoms with Crippen LogP contribution in [-0.4, -0.2) is 21.8 Å². The standard InChI is InChI=1S/C20H16F2N2O3S2/c1-9(2)6-12(25)15-17(13-4-3-5-28-13)24(19(27)18(15)26)20-23-16-11(22)7-10(21)8-14(16)29-20/h3-5,7-9,17,26H,6H2,1-2H3. The third kappa shape index (κ3) is 3.34. The van der Waals surface area contributed by atoms with Crippen LogP contribution in [0.25, 0.3) is 10.2 Å². The molecule has 5 nitrogen and oxygen atoms in total. The number of benzene rings is 1. The average molecular weight is 434 g/mol. The Hall–Kier alpha value is -2.65. The van der Waals surface area contributed by atoms with Crippen molar-refractivity contribution >= 4 is 49.7 Å². The number of hydrogen-bond donors (Lipinski definition) is 1. The number of thiazole rings is 1. The molecule has 1 aliphatic heterocycles. The number of hydrogen-bond acceptors (Lipinski definition) is 6. The minimum atomic E-state index is -0.859. The number of aromatic nitrogens is 1. The van der Waals surface area contributed by atoms with Gasteiger partial charge in [0.15, 0.2) is 22.5 Å². The van der Waals surface area contributed by atoms with Crippen molar-refractivity contribution in [3.8, 4) is 0 Å². The molecule has 1 aromatic carbocycles. The van der Waals surface area contributed by atoms with Crippen molar-refractivity contribution < 1.29 is 23.5 Å². The molecule has 3 aromatic rings. The van der Waals surface area contributed by atoms with Gasteiger partial charge in [0, 0.05) is 17.4 Å². The highest BCUT2D eigenvalue weighted by Crippen LogP contribution is 2.45. The van der Waals surface area contributed by atoms with E-state index >= 15 is 0 Å². The Bertz CT molecular complexity index is 1150. The van der Waals surface area contributed by atoms with E-state index in [1.165, 1.54) is 16.2 Å². The van der Waals surface area contributed by atoms with Gasteiger partial charge in [-0.25, -0.2) is 13.8 Å². The maximum Gasteiger partial charge on any atom is 0.296 e. The van der Waals surface area contributed by atoms with Crippen LogP contribution in [0.15, 0.2) is 41.0 Å². The van der Waals surface area contributed by atoms with Crippen molar-refractivity contribution in [3.63, 3.8) is 0 Å². The molecule has 0 aliphatic carbocycles. The van der Waals surface area contributed by atoms with Crippen LogP contribution in [0.3, 0.4) is 0 Å². The lowest BCUT2D eigenvalue weighted by Crippen LogP contribution is -2.30. The van der Waals surface area contributed by atoms with Crippen LogP contribution in [-0.2, 0) is 9.59 Å². The van der Waals surface area contributed by atoms with E-state index in [-0.39, 0.29) is 39.0 Å². The lowest BCUT2D eigenvalue weighted by molar-refractivity contribution is -0.118. The molecule has 9 heteroatoms. The van der Waals surface area contributed by atoms with Crippen LogP contribution in [0.5, 0.6) is 0 Å². The fourth-order valence-electron chi connectivity index (χ4n) is 3.33. The molecule has 0 saturated heterocycles. The molecule has 1 amide bonds. The number of aliphatic hydroxyl groups excluding tert-OH is 1. The van der Waals surface area contributed by atoms with E-state index in [0.29, 0.717) is 4.88 Å². The Balaban J connectivity index is 1.86. The number of carbonyl (C=O) groups is 2. The zero-order valence-corrected chi connectivity index (χ0v) is 17.1. The fourth-order valence-corrected chi connectivity index (χ4v) is 5.19. The number of halogens is 2. The number of rotatable bonds is 5. The second-order valence-electron chi connectivity index (χ2n) is 7.11. The Kier molecular flexibility index (Phi) is 4.95. The molecule has 29 heavy (non-hydrogen) atoms. The monoisotopic (exact) mass is 434 g/mol. The minimum absolute atomic E-state index is 0.0112. The summed E-state index contributed by atoms with van der Waals surface area (Å²) >= 11 is 2.25. The molecule has 150 valence electrons. The van der Waals surface area contributed by atoms with Crippen molar-refractivity contribution in [2.24, 2.45) is 5.92 Å². The zero-order chi connectivity index (χ0) is 20.9. The van der Waals surface area contributed by atoms with E-state index in [0.717, 1.165) is 23.5 Å². The third-order valence-electron chi connectivity index (χ3n) is 4.52. The van der Waals surface area contributed by atoms with Crippen LogP contribution < -0.4 is 4.90 Å². The van der Waals surface area contributed by atoms with E-state index in [2.05, 4.69) is 4.98 Å². The van der Waals surface area contributed by atoms with Crippen LogP contribution in [0.2, 0.25) is 0 Å². The van der Waals surface area contributed by atoms with Gasteiger partial charge < -0.3 is 5.11 Å². The first-order valence-electron chi connectivity index (χ1n) is 8.86. The molecule has 2 aromatic heterocycles. The second kappa shape index (κ2) is 7.31. The van der Waals surface area contributed by atoms with Crippen molar-refractivity contribution in [3.05, 3.63) is 57.5 Å². The highest BCUT2D eigenvalue weighted by atomic mass is 32.1. The summed E-state index contributed by atoms with van der Waals surface area (Å²) in [7, 11) is 0. The smallest absolute Gasteiger partial charge is 0.296 e. The van der Waals surface area contributed by atoms with Crippen LogP contribution in [0.4, 0.5) is 13.9 Å². The summed E-state index contributed by atoms with van der Waals surface area (Å²) in [5.41, 5.74) is -0.0531. The molecule has 0 saturated carbocycles. The van der Waals surface area contributed by atoms with Gasteiger partial charge in [-0.3, -0.25) is 14.5 Å². The van der Waals surface area contributed by atoms with Gasteiger partial charge in [-0.15, -0.1) is 11.3 Å². The summed E-state index contributed by atoms with van der Waals surface area (Å²) < 4.78 is 27.9. The highest BCUT2D eigenvalue weighted by molar-refractivity contribution is 7.22. The van der Waals surface area contributed by atoms with E-state index in [4.69, 9.17) is 0 Å². The molecule has 0 fully saturated rings. The van der Waals surface area contributed by atoms with Crippen LogP contribution >= 0.6 is 22.7 Å². The first kappa shape index (κ1) is 19.7. The number of thiophene rings is 1. The predicted octanol–water partition coefficient (Wildman–Crippen LogP) is 5.15. The number of aliphatic hydroxyl groups is 1. The first-order chi connectivity index (χ1) is 13.8. The minimum Gasteiger partial charge on any atom is -0.503 e. The van der Waals surface area contributed by atoms with Gasteiger partial charge in [-0.1, -0.05) is 31.3 Å². The first-order valence-corrected chi connectivity index (χ1v) is 10.6. The molecule has 0 bridgehead atoms. The summed E-state index contributed by atoms with van der Waals surface area (Å²) in [6.07, 6.45) is 0.169. The summed E-state index contributed by atoms with van der Waals surface area (Å²) in [5, 5.41) is 12.4. The number of Topliss-reactive ketones (excluding diaryl/α,β-unsaturated/α-hetero) is 1. The number of carbonyl (C=O) groups excluding carboxylic acids is 2. The Morgan fingerprint density at radius 2 is 2.10 bits per heavy atom.